The Kier molecular flexibility index (Phi) is 6.00. The van der Waals surface area contributed by atoms with Gasteiger partial charge in [-0.25, -0.2) is 4.98 Å². The van der Waals surface area contributed by atoms with Gasteiger partial charge in [-0.3, -0.25) is 4.79 Å². The molecule has 1 aromatic heterocycles. The summed E-state index contributed by atoms with van der Waals surface area (Å²) in [6, 6.07) is 1.80. The van der Waals surface area contributed by atoms with E-state index in [1.807, 2.05) is 0 Å². The summed E-state index contributed by atoms with van der Waals surface area (Å²) < 4.78 is 38.3. The number of amides is 1. The van der Waals surface area contributed by atoms with Crippen LogP contribution in [0.1, 0.15) is 18.4 Å². The van der Waals surface area contributed by atoms with Crippen LogP contribution in [0.3, 0.4) is 0 Å². The topological polar surface area (TPSA) is 88.5 Å². The molecule has 24 heavy (non-hydrogen) atoms. The predicted octanol–water partition coefficient (Wildman–Crippen LogP) is 0.815. The Hall–Kier alpha value is -1.87. The van der Waals surface area contributed by atoms with Crippen molar-refractivity contribution in [2.45, 2.75) is 25.1 Å². The summed E-state index contributed by atoms with van der Waals surface area (Å²) in [7, 11) is 0. The Morgan fingerprint density at radius 3 is 2.54 bits per heavy atom. The van der Waals surface area contributed by atoms with Crippen LogP contribution in [0.25, 0.3) is 0 Å². The molecule has 1 amide bonds. The van der Waals surface area contributed by atoms with E-state index in [0.29, 0.717) is 45.6 Å². The molecule has 1 unspecified atom stereocenters. The summed E-state index contributed by atoms with van der Waals surface area (Å²) in [5.41, 5.74) is 10.4. The Bertz CT molecular complexity index is 558. The van der Waals surface area contributed by atoms with Gasteiger partial charge in [-0.2, -0.15) is 13.2 Å². The Morgan fingerprint density at radius 1 is 1.29 bits per heavy atom. The smallest absolute Gasteiger partial charge is 0.353 e. The Labute approximate surface area is 138 Å². The molecule has 0 radical (unpaired) electrons. The number of alkyl halides is 3. The molecular weight excluding hydrogens is 323 g/mol. The quantitative estimate of drug-likeness (QED) is 0.825. The van der Waals surface area contributed by atoms with Crippen LogP contribution in [0.2, 0.25) is 0 Å². The van der Waals surface area contributed by atoms with Crippen LogP contribution in [0.5, 0.6) is 0 Å². The zero-order chi connectivity index (χ0) is 17.7. The molecule has 0 saturated carbocycles. The third-order valence-corrected chi connectivity index (χ3v) is 4.06. The lowest BCUT2D eigenvalue weighted by atomic mass is 10.1. The van der Waals surface area contributed by atoms with E-state index >= 15 is 0 Å². The van der Waals surface area contributed by atoms with Gasteiger partial charge < -0.3 is 21.3 Å². The van der Waals surface area contributed by atoms with Gasteiger partial charge in [-0.05, 0) is 18.6 Å². The number of hydrogen-bond donors (Lipinski definition) is 2. The molecule has 0 aromatic carbocycles. The number of halogens is 3. The number of nitrogens with two attached hydrogens (primary N) is 2. The van der Waals surface area contributed by atoms with Crippen molar-refractivity contribution in [2.24, 2.45) is 11.5 Å². The van der Waals surface area contributed by atoms with Gasteiger partial charge in [0.25, 0.3) is 0 Å². The predicted molar refractivity (Wildman–Crippen MR) is 84.3 cm³/mol. The first kappa shape index (κ1) is 18.5. The van der Waals surface area contributed by atoms with E-state index < -0.39 is 11.7 Å². The Morgan fingerprint density at radius 2 is 1.96 bits per heavy atom. The molecule has 1 aliphatic rings. The number of pyridine rings is 1. The molecule has 1 fully saturated rings. The van der Waals surface area contributed by atoms with Crippen LogP contribution >= 0.6 is 0 Å². The van der Waals surface area contributed by atoms with Gasteiger partial charge in [0.05, 0.1) is 5.56 Å². The summed E-state index contributed by atoms with van der Waals surface area (Å²) in [4.78, 5) is 19.6. The highest BCUT2D eigenvalue weighted by atomic mass is 19.4. The fourth-order valence-corrected chi connectivity index (χ4v) is 2.54. The standard InChI is InChI=1S/C15H22F3N5O/c16-15(17,18)11-3-4-21-13(9-11)22-5-7-23(8-6-22)14(24)2-1-12(20)10-19/h3-4,9,12H,1-2,5-8,10,19-20H2. The zero-order valence-corrected chi connectivity index (χ0v) is 13.3. The highest BCUT2D eigenvalue weighted by Crippen LogP contribution is 2.30. The normalized spacial score (nSPS) is 17.0. The van der Waals surface area contributed by atoms with Crippen molar-refractivity contribution in [1.82, 2.24) is 9.88 Å². The maximum absolute atomic E-state index is 12.8. The summed E-state index contributed by atoms with van der Waals surface area (Å²) >= 11 is 0. The highest BCUT2D eigenvalue weighted by Gasteiger charge is 2.31. The molecule has 9 heteroatoms. The first-order chi connectivity index (χ1) is 11.3. The minimum absolute atomic E-state index is 0.00412. The van der Waals surface area contributed by atoms with Crippen molar-refractivity contribution in [3.63, 3.8) is 0 Å². The van der Waals surface area contributed by atoms with E-state index in [0.717, 1.165) is 18.3 Å². The van der Waals surface area contributed by atoms with Crippen molar-refractivity contribution >= 4 is 11.7 Å². The number of nitrogens with zero attached hydrogens (tertiary/aromatic N) is 3. The van der Waals surface area contributed by atoms with Gasteiger partial charge in [-0.1, -0.05) is 0 Å². The third-order valence-electron chi connectivity index (χ3n) is 4.06. The molecule has 2 rings (SSSR count). The van der Waals surface area contributed by atoms with Gasteiger partial charge in [0, 0.05) is 51.4 Å². The van der Waals surface area contributed by atoms with Crippen LogP contribution in [-0.2, 0) is 11.0 Å². The second kappa shape index (κ2) is 7.80. The molecule has 0 bridgehead atoms. The first-order valence-electron chi connectivity index (χ1n) is 7.83. The summed E-state index contributed by atoms with van der Waals surface area (Å²) in [5.74, 6) is 0.276. The Balaban J connectivity index is 1.90. The molecule has 2 heterocycles. The minimum atomic E-state index is -4.39. The fraction of sp³-hybridized carbons (Fsp3) is 0.600. The molecule has 4 N–H and O–H groups in total. The van der Waals surface area contributed by atoms with Crippen molar-refractivity contribution in [1.29, 1.82) is 0 Å². The second-order valence-electron chi connectivity index (χ2n) is 5.80. The molecule has 1 aromatic rings. The van der Waals surface area contributed by atoms with Gasteiger partial charge in [-0.15, -0.1) is 0 Å². The van der Waals surface area contributed by atoms with E-state index in [2.05, 4.69) is 4.98 Å². The average Bonchev–Trinajstić information content (AvgIpc) is 2.59. The fourth-order valence-electron chi connectivity index (χ4n) is 2.54. The maximum Gasteiger partial charge on any atom is 0.416 e. The van der Waals surface area contributed by atoms with Gasteiger partial charge in [0.2, 0.25) is 5.91 Å². The van der Waals surface area contributed by atoms with Crippen LogP contribution < -0.4 is 16.4 Å². The monoisotopic (exact) mass is 345 g/mol. The van der Waals surface area contributed by atoms with Crippen molar-refractivity contribution in [3.05, 3.63) is 23.9 Å². The first-order valence-corrected chi connectivity index (χ1v) is 7.83. The molecule has 0 aliphatic carbocycles. The van der Waals surface area contributed by atoms with Gasteiger partial charge >= 0.3 is 6.18 Å². The van der Waals surface area contributed by atoms with E-state index in [1.54, 1.807) is 9.80 Å². The molecule has 1 aliphatic heterocycles. The van der Waals surface area contributed by atoms with Crippen molar-refractivity contribution < 1.29 is 18.0 Å². The highest BCUT2D eigenvalue weighted by molar-refractivity contribution is 5.76. The number of rotatable bonds is 5. The minimum Gasteiger partial charge on any atom is -0.353 e. The molecule has 1 saturated heterocycles. The van der Waals surface area contributed by atoms with E-state index in [-0.39, 0.29) is 17.8 Å². The van der Waals surface area contributed by atoms with E-state index in [1.165, 1.54) is 0 Å². The molecule has 0 spiro atoms. The molecule has 6 nitrogen and oxygen atoms in total. The number of carbonyl (C=O) groups is 1. The van der Waals surface area contributed by atoms with Crippen molar-refractivity contribution in [2.75, 3.05) is 37.6 Å². The van der Waals surface area contributed by atoms with Crippen molar-refractivity contribution in [3.8, 4) is 0 Å². The lowest BCUT2D eigenvalue weighted by Gasteiger charge is -2.35. The van der Waals surface area contributed by atoms with E-state index in [4.69, 9.17) is 11.5 Å². The number of aromatic nitrogens is 1. The molecule has 134 valence electrons. The lowest BCUT2D eigenvalue weighted by molar-refractivity contribution is -0.137. The summed E-state index contributed by atoms with van der Waals surface area (Å²) in [5, 5.41) is 0. The van der Waals surface area contributed by atoms with E-state index in [9.17, 15) is 18.0 Å². The third kappa shape index (κ3) is 4.81. The zero-order valence-electron chi connectivity index (χ0n) is 13.3. The summed E-state index contributed by atoms with van der Waals surface area (Å²) in [6.07, 6.45) is -2.37. The van der Waals surface area contributed by atoms with Gasteiger partial charge in [0.15, 0.2) is 0 Å². The second-order valence-corrected chi connectivity index (χ2v) is 5.80. The molecular formula is C15H22F3N5O. The van der Waals surface area contributed by atoms with Crippen LogP contribution in [-0.4, -0.2) is 54.6 Å². The lowest BCUT2D eigenvalue weighted by Crippen LogP contribution is -2.49. The number of hydrogen-bond acceptors (Lipinski definition) is 5. The largest absolute Gasteiger partial charge is 0.416 e. The average molecular weight is 345 g/mol. The van der Waals surface area contributed by atoms with Crippen LogP contribution in [0.15, 0.2) is 18.3 Å². The van der Waals surface area contributed by atoms with Gasteiger partial charge in [0.1, 0.15) is 5.82 Å². The maximum atomic E-state index is 12.8. The SMILES string of the molecule is NCC(N)CCC(=O)N1CCN(c2cc(C(F)(F)F)ccn2)CC1. The number of piperazine rings is 1. The number of carbonyl (C=O) groups excluding carboxylic acids is 1. The number of anilines is 1. The van der Waals surface area contributed by atoms with Crippen LogP contribution in [0, 0.1) is 0 Å². The summed E-state index contributed by atoms with van der Waals surface area (Å²) in [6.45, 7) is 2.14. The molecule has 1 atom stereocenters. The van der Waals surface area contributed by atoms with Crippen LogP contribution in [0.4, 0.5) is 19.0 Å².